The van der Waals surface area contributed by atoms with Crippen LogP contribution in [0.1, 0.15) is 33.6 Å². The van der Waals surface area contributed by atoms with Gasteiger partial charge in [-0.3, -0.25) is 9.69 Å². The molecule has 0 aromatic carbocycles. The molecule has 1 saturated heterocycles. The molecule has 100 valence electrons. The van der Waals surface area contributed by atoms with Crippen molar-refractivity contribution in [1.82, 2.24) is 10.2 Å². The van der Waals surface area contributed by atoms with Gasteiger partial charge in [0.25, 0.3) is 0 Å². The summed E-state index contributed by atoms with van der Waals surface area (Å²) in [7, 11) is 1.45. The highest BCUT2D eigenvalue weighted by molar-refractivity contribution is 5.71. The first-order chi connectivity index (χ1) is 7.90. The number of carbonyl (C=O) groups excluding carboxylic acids is 1. The molecular weight excluding hydrogens is 216 g/mol. The van der Waals surface area contributed by atoms with Crippen LogP contribution in [0.2, 0.25) is 0 Å². The highest BCUT2D eigenvalue weighted by Crippen LogP contribution is 2.16. The predicted molar refractivity (Wildman–Crippen MR) is 68.9 cm³/mol. The number of piperidine rings is 1. The van der Waals surface area contributed by atoms with Gasteiger partial charge in [-0.2, -0.15) is 0 Å². The molecule has 4 nitrogen and oxygen atoms in total. The molecule has 1 aliphatic heterocycles. The van der Waals surface area contributed by atoms with Crippen LogP contribution in [0.5, 0.6) is 0 Å². The molecule has 1 fully saturated rings. The maximum absolute atomic E-state index is 11.2. The van der Waals surface area contributed by atoms with Crippen molar-refractivity contribution < 1.29 is 9.53 Å². The number of nitrogens with one attached hydrogen (secondary N) is 1. The minimum absolute atomic E-state index is 0.130. The largest absolute Gasteiger partial charge is 0.468 e. The summed E-state index contributed by atoms with van der Waals surface area (Å²) in [5.41, 5.74) is 0.171. The molecule has 0 amide bonds. The average molecular weight is 242 g/mol. The molecule has 1 unspecified atom stereocenters. The quantitative estimate of drug-likeness (QED) is 0.754. The molecule has 1 heterocycles. The van der Waals surface area contributed by atoms with Gasteiger partial charge in [0.05, 0.1) is 13.7 Å². The first kappa shape index (κ1) is 14.5. The van der Waals surface area contributed by atoms with Crippen molar-refractivity contribution in [3.63, 3.8) is 0 Å². The number of ether oxygens (including phenoxy) is 1. The van der Waals surface area contributed by atoms with Crippen molar-refractivity contribution >= 4 is 5.97 Å². The van der Waals surface area contributed by atoms with Crippen molar-refractivity contribution in [2.45, 2.75) is 39.2 Å². The Morgan fingerprint density at radius 2 is 2.18 bits per heavy atom. The van der Waals surface area contributed by atoms with Crippen LogP contribution in [0.15, 0.2) is 0 Å². The molecule has 0 radical (unpaired) electrons. The fourth-order valence-electron chi connectivity index (χ4n) is 2.16. The standard InChI is InChI=1S/C13H26N2O2/c1-13(2,3)14-8-11-6-5-7-15(9-11)10-12(16)17-4/h11,14H,5-10H2,1-4H3. The van der Waals surface area contributed by atoms with Crippen LogP contribution < -0.4 is 5.32 Å². The van der Waals surface area contributed by atoms with Gasteiger partial charge in [0.15, 0.2) is 0 Å². The second-order valence-corrected chi connectivity index (χ2v) is 5.95. The lowest BCUT2D eigenvalue weighted by Crippen LogP contribution is -2.45. The van der Waals surface area contributed by atoms with E-state index in [1.165, 1.54) is 20.0 Å². The Morgan fingerprint density at radius 3 is 2.76 bits per heavy atom. The molecule has 1 aliphatic rings. The summed E-state index contributed by atoms with van der Waals surface area (Å²) in [6, 6.07) is 0. The second-order valence-electron chi connectivity index (χ2n) is 5.95. The van der Waals surface area contributed by atoms with E-state index in [4.69, 9.17) is 4.74 Å². The van der Waals surface area contributed by atoms with Crippen LogP contribution in [-0.2, 0) is 9.53 Å². The Labute approximate surface area is 105 Å². The predicted octanol–water partition coefficient (Wildman–Crippen LogP) is 1.26. The minimum Gasteiger partial charge on any atom is -0.468 e. The van der Waals surface area contributed by atoms with Crippen molar-refractivity contribution in [2.24, 2.45) is 5.92 Å². The second kappa shape index (κ2) is 6.36. The molecule has 0 spiro atoms. The SMILES string of the molecule is COC(=O)CN1CCCC(CNC(C)(C)C)C1. The Morgan fingerprint density at radius 1 is 1.47 bits per heavy atom. The Balaban J connectivity index is 2.31. The fraction of sp³-hybridized carbons (Fsp3) is 0.923. The summed E-state index contributed by atoms with van der Waals surface area (Å²) in [6.07, 6.45) is 2.42. The first-order valence-electron chi connectivity index (χ1n) is 6.45. The number of hydrogen-bond donors (Lipinski definition) is 1. The van der Waals surface area contributed by atoms with Crippen molar-refractivity contribution in [2.75, 3.05) is 33.3 Å². The topological polar surface area (TPSA) is 41.6 Å². The van der Waals surface area contributed by atoms with Gasteiger partial charge >= 0.3 is 5.97 Å². The Kier molecular flexibility index (Phi) is 5.40. The molecule has 0 bridgehead atoms. The van der Waals surface area contributed by atoms with Crippen LogP contribution in [0, 0.1) is 5.92 Å². The zero-order valence-corrected chi connectivity index (χ0v) is 11.6. The molecule has 0 aliphatic carbocycles. The van der Waals surface area contributed by atoms with Crippen molar-refractivity contribution in [3.05, 3.63) is 0 Å². The summed E-state index contributed by atoms with van der Waals surface area (Å²) >= 11 is 0. The minimum atomic E-state index is -0.130. The lowest BCUT2D eigenvalue weighted by atomic mass is 9.96. The maximum Gasteiger partial charge on any atom is 0.319 e. The van der Waals surface area contributed by atoms with Crippen molar-refractivity contribution in [3.8, 4) is 0 Å². The Hall–Kier alpha value is -0.610. The zero-order chi connectivity index (χ0) is 12.9. The zero-order valence-electron chi connectivity index (χ0n) is 11.6. The fourth-order valence-corrected chi connectivity index (χ4v) is 2.16. The van der Waals surface area contributed by atoms with E-state index in [2.05, 4.69) is 31.0 Å². The van der Waals surface area contributed by atoms with E-state index >= 15 is 0 Å². The summed E-state index contributed by atoms with van der Waals surface area (Å²) in [4.78, 5) is 13.4. The summed E-state index contributed by atoms with van der Waals surface area (Å²) in [5, 5.41) is 3.54. The van der Waals surface area contributed by atoms with E-state index in [0.29, 0.717) is 12.5 Å². The van der Waals surface area contributed by atoms with E-state index in [1.807, 2.05) is 0 Å². The molecular formula is C13H26N2O2. The molecule has 4 heteroatoms. The Bertz CT molecular complexity index is 248. The van der Waals surface area contributed by atoms with Gasteiger partial charge in [0, 0.05) is 12.1 Å². The van der Waals surface area contributed by atoms with Crippen LogP contribution in [-0.4, -0.2) is 49.7 Å². The van der Waals surface area contributed by atoms with Crippen LogP contribution in [0.25, 0.3) is 0 Å². The number of esters is 1. The molecule has 0 aromatic rings. The van der Waals surface area contributed by atoms with Crippen LogP contribution in [0.3, 0.4) is 0 Å². The van der Waals surface area contributed by atoms with Crippen LogP contribution in [0.4, 0.5) is 0 Å². The number of nitrogens with zero attached hydrogens (tertiary/aromatic N) is 1. The number of hydrogen-bond acceptors (Lipinski definition) is 4. The van der Waals surface area contributed by atoms with E-state index < -0.39 is 0 Å². The van der Waals surface area contributed by atoms with E-state index in [-0.39, 0.29) is 11.5 Å². The highest BCUT2D eigenvalue weighted by Gasteiger charge is 2.22. The number of rotatable bonds is 4. The highest BCUT2D eigenvalue weighted by atomic mass is 16.5. The molecule has 0 aromatic heterocycles. The third-order valence-electron chi connectivity index (χ3n) is 3.10. The van der Waals surface area contributed by atoms with E-state index in [1.54, 1.807) is 0 Å². The molecule has 17 heavy (non-hydrogen) atoms. The smallest absolute Gasteiger partial charge is 0.319 e. The molecule has 1 atom stereocenters. The number of likely N-dealkylation sites (tertiary alicyclic amines) is 1. The maximum atomic E-state index is 11.2. The van der Waals surface area contributed by atoms with Gasteiger partial charge in [0.2, 0.25) is 0 Å². The molecule has 1 N–H and O–H groups in total. The third-order valence-corrected chi connectivity index (χ3v) is 3.10. The van der Waals surface area contributed by atoms with Gasteiger partial charge in [0.1, 0.15) is 0 Å². The lowest BCUT2D eigenvalue weighted by molar-refractivity contribution is -0.142. The van der Waals surface area contributed by atoms with Gasteiger partial charge in [-0.1, -0.05) is 0 Å². The van der Waals surface area contributed by atoms with Gasteiger partial charge in [-0.05, 0) is 52.6 Å². The summed E-state index contributed by atoms with van der Waals surface area (Å²) in [5.74, 6) is 0.516. The van der Waals surface area contributed by atoms with Gasteiger partial charge < -0.3 is 10.1 Å². The molecule has 0 saturated carbocycles. The van der Waals surface area contributed by atoms with Crippen LogP contribution >= 0.6 is 0 Å². The van der Waals surface area contributed by atoms with Gasteiger partial charge in [-0.25, -0.2) is 0 Å². The normalized spacial score (nSPS) is 22.5. The number of methoxy groups -OCH3 is 1. The number of carbonyl (C=O) groups is 1. The van der Waals surface area contributed by atoms with E-state index in [9.17, 15) is 4.79 Å². The lowest BCUT2D eigenvalue weighted by Gasteiger charge is -2.33. The monoisotopic (exact) mass is 242 g/mol. The average Bonchev–Trinajstić information content (AvgIpc) is 2.26. The summed E-state index contributed by atoms with van der Waals surface area (Å²) in [6.45, 7) is 10.0. The van der Waals surface area contributed by atoms with E-state index in [0.717, 1.165) is 19.6 Å². The van der Waals surface area contributed by atoms with Gasteiger partial charge in [-0.15, -0.1) is 0 Å². The first-order valence-corrected chi connectivity index (χ1v) is 6.45. The third kappa shape index (κ3) is 6.03. The summed E-state index contributed by atoms with van der Waals surface area (Å²) < 4.78 is 4.71. The van der Waals surface area contributed by atoms with Crippen molar-refractivity contribution in [1.29, 1.82) is 0 Å². The molecule has 1 rings (SSSR count).